The average molecular weight is 566 g/mol. The van der Waals surface area contributed by atoms with E-state index in [2.05, 4.69) is 21.3 Å². The summed E-state index contributed by atoms with van der Waals surface area (Å²) in [5, 5.41) is 11.2. The van der Waals surface area contributed by atoms with Crippen molar-refractivity contribution in [2.24, 2.45) is 5.73 Å². The minimum absolute atomic E-state index is 0.142. The summed E-state index contributed by atoms with van der Waals surface area (Å²) in [7, 11) is 0. The average Bonchev–Trinajstić information content (AvgIpc) is 2.92. The van der Waals surface area contributed by atoms with Gasteiger partial charge in [0.1, 0.15) is 23.4 Å². The van der Waals surface area contributed by atoms with E-state index in [9.17, 15) is 19.2 Å². The second-order valence-electron chi connectivity index (χ2n) is 11.4. The summed E-state index contributed by atoms with van der Waals surface area (Å²) in [6, 6.07) is 14.1. The Bertz CT molecular complexity index is 1160. The molecule has 6 N–H and O–H groups in total. The normalized spacial score (nSPS) is 20.0. The van der Waals surface area contributed by atoms with Crippen LogP contribution in [0, 0.1) is 0 Å². The molecule has 1 heterocycles. The van der Waals surface area contributed by atoms with E-state index in [1.54, 1.807) is 0 Å². The van der Waals surface area contributed by atoms with Crippen LogP contribution in [0.4, 0.5) is 0 Å². The number of carbonyl (C=O) groups excluding carboxylic acids is 4. The molecule has 0 aliphatic carbocycles. The molecule has 222 valence electrons. The van der Waals surface area contributed by atoms with Crippen molar-refractivity contribution >= 4 is 23.6 Å². The predicted molar refractivity (Wildman–Crippen MR) is 157 cm³/mol. The Balaban J connectivity index is 1.74. The highest BCUT2D eigenvalue weighted by Crippen LogP contribution is 2.19. The van der Waals surface area contributed by atoms with Crippen LogP contribution in [0.5, 0.6) is 5.75 Å². The van der Waals surface area contributed by atoms with Crippen molar-refractivity contribution in [1.82, 2.24) is 21.3 Å². The van der Waals surface area contributed by atoms with Crippen LogP contribution in [0.2, 0.25) is 0 Å². The molecule has 2 aromatic rings. The molecule has 10 heteroatoms. The lowest BCUT2D eigenvalue weighted by molar-refractivity contribution is -0.132. The maximum absolute atomic E-state index is 13.5. The topological polar surface area (TPSA) is 152 Å². The molecule has 0 radical (unpaired) electrons. The Morgan fingerprint density at radius 1 is 0.951 bits per heavy atom. The minimum atomic E-state index is -0.916. The zero-order valence-electron chi connectivity index (χ0n) is 24.2. The molecule has 1 saturated heterocycles. The summed E-state index contributed by atoms with van der Waals surface area (Å²) in [6.07, 6.45) is 2.24. The monoisotopic (exact) mass is 565 g/mol. The van der Waals surface area contributed by atoms with Crippen LogP contribution in [0.1, 0.15) is 57.6 Å². The fourth-order valence-corrected chi connectivity index (χ4v) is 4.48. The van der Waals surface area contributed by atoms with Gasteiger partial charge in [-0.1, -0.05) is 42.5 Å². The van der Waals surface area contributed by atoms with Crippen LogP contribution in [0.15, 0.2) is 54.6 Å². The molecule has 3 rings (SSSR count). The highest BCUT2D eigenvalue weighted by atomic mass is 16.5. The lowest BCUT2D eigenvalue weighted by Gasteiger charge is -2.25. The second-order valence-corrected chi connectivity index (χ2v) is 11.4. The van der Waals surface area contributed by atoms with Crippen molar-refractivity contribution in [2.75, 3.05) is 13.1 Å². The summed E-state index contributed by atoms with van der Waals surface area (Å²) < 4.78 is 5.88. The third kappa shape index (κ3) is 11.2. The van der Waals surface area contributed by atoms with Crippen LogP contribution >= 0.6 is 0 Å². The maximum atomic E-state index is 13.5. The van der Waals surface area contributed by atoms with Gasteiger partial charge >= 0.3 is 0 Å². The van der Waals surface area contributed by atoms with Gasteiger partial charge < -0.3 is 31.7 Å². The SMILES string of the molecule is CC(C)(C)Oc1ccc(C[C@@H]2NC(=O)[C@@H](NC(=O)[C@@H](N)Cc3ccccc3)CCCCNC(=O)CCNC2=O)cc1. The van der Waals surface area contributed by atoms with Gasteiger partial charge in [0.05, 0.1) is 6.04 Å². The van der Waals surface area contributed by atoms with Crippen LogP contribution < -0.4 is 31.7 Å². The van der Waals surface area contributed by atoms with Crippen molar-refractivity contribution in [3.05, 3.63) is 65.7 Å². The van der Waals surface area contributed by atoms with Crippen LogP contribution in [0.25, 0.3) is 0 Å². The highest BCUT2D eigenvalue weighted by Gasteiger charge is 2.28. The van der Waals surface area contributed by atoms with Gasteiger partial charge in [-0.15, -0.1) is 0 Å². The van der Waals surface area contributed by atoms with Gasteiger partial charge in [0.2, 0.25) is 23.6 Å². The van der Waals surface area contributed by atoms with Gasteiger partial charge in [0, 0.05) is 25.9 Å². The molecule has 4 amide bonds. The van der Waals surface area contributed by atoms with E-state index in [1.807, 2.05) is 75.4 Å². The quantitative estimate of drug-likeness (QED) is 0.345. The molecule has 10 nitrogen and oxygen atoms in total. The molecule has 1 aliphatic rings. The van der Waals surface area contributed by atoms with E-state index in [1.165, 1.54) is 0 Å². The third-order valence-corrected chi connectivity index (χ3v) is 6.58. The fraction of sp³-hybridized carbons (Fsp3) is 0.484. The summed E-state index contributed by atoms with van der Waals surface area (Å²) >= 11 is 0. The number of carbonyl (C=O) groups is 4. The number of nitrogens with one attached hydrogen (secondary N) is 4. The largest absolute Gasteiger partial charge is 0.488 e. The van der Waals surface area contributed by atoms with E-state index in [0.717, 1.165) is 11.1 Å². The molecule has 1 fully saturated rings. The Kier molecular flexibility index (Phi) is 11.7. The van der Waals surface area contributed by atoms with Crippen LogP contribution in [0.3, 0.4) is 0 Å². The second kappa shape index (κ2) is 15.2. The van der Waals surface area contributed by atoms with E-state index >= 15 is 0 Å². The maximum Gasteiger partial charge on any atom is 0.243 e. The number of hydrogen-bond acceptors (Lipinski definition) is 6. The summed E-state index contributed by atoms with van der Waals surface area (Å²) in [5.41, 5.74) is 7.55. The van der Waals surface area contributed by atoms with Crippen molar-refractivity contribution in [1.29, 1.82) is 0 Å². The smallest absolute Gasteiger partial charge is 0.243 e. The molecule has 41 heavy (non-hydrogen) atoms. The lowest BCUT2D eigenvalue weighted by Crippen LogP contribution is -2.56. The van der Waals surface area contributed by atoms with Gasteiger partial charge in [0.25, 0.3) is 0 Å². The predicted octanol–water partition coefficient (Wildman–Crippen LogP) is 1.75. The van der Waals surface area contributed by atoms with Crippen LogP contribution in [-0.4, -0.2) is 60.4 Å². The summed E-state index contributed by atoms with van der Waals surface area (Å²) in [5.74, 6) is -0.780. The molecular weight excluding hydrogens is 522 g/mol. The Labute approximate surface area is 242 Å². The third-order valence-electron chi connectivity index (χ3n) is 6.58. The number of amides is 4. The van der Waals surface area contributed by atoms with Gasteiger partial charge in [-0.25, -0.2) is 0 Å². The number of benzene rings is 2. The number of nitrogens with two attached hydrogens (primary N) is 1. The standard InChI is InChI=1S/C31H43N5O5/c1-31(2,3)41-23-14-12-22(13-15-23)20-26-29(39)34-18-16-27(37)33-17-8-7-11-25(30(40)36-26)35-28(38)24(32)19-21-9-5-4-6-10-21/h4-6,9-10,12-15,24-26H,7-8,11,16-20,32H2,1-3H3,(H,33,37)(H,34,39)(H,35,38)(H,36,40)/t24-,25-,26-/m0/s1. The summed E-state index contributed by atoms with van der Waals surface area (Å²) in [4.78, 5) is 51.7. The van der Waals surface area contributed by atoms with Gasteiger partial charge in [0.15, 0.2) is 0 Å². The molecular formula is C31H43N5O5. The molecule has 0 bridgehead atoms. The number of ether oxygens (including phenoxy) is 1. The fourth-order valence-electron chi connectivity index (χ4n) is 4.48. The van der Waals surface area contributed by atoms with Gasteiger partial charge in [-0.2, -0.15) is 0 Å². The van der Waals surface area contributed by atoms with E-state index < -0.39 is 35.8 Å². The lowest BCUT2D eigenvalue weighted by atomic mass is 10.0. The van der Waals surface area contributed by atoms with Crippen molar-refractivity contribution in [3.8, 4) is 5.75 Å². The molecule has 1 aliphatic heterocycles. The first-order valence-electron chi connectivity index (χ1n) is 14.2. The first-order chi connectivity index (χ1) is 19.5. The van der Waals surface area contributed by atoms with E-state index in [-0.39, 0.29) is 30.9 Å². The zero-order valence-corrected chi connectivity index (χ0v) is 24.2. The Morgan fingerprint density at radius 3 is 2.34 bits per heavy atom. The highest BCUT2D eigenvalue weighted by molar-refractivity contribution is 5.93. The molecule has 0 saturated carbocycles. The molecule has 0 aromatic heterocycles. The molecule has 0 unspecified atom stereocenters. The minimum Gasteiger partial charge on any atom is -0.488 e. The molecule has 0 spiro atoms. The molecule has 3 atom stereocenters. The van der Waals surface area contributed by atoms with Gasteiger partial charge in [-0.3, -0.25) is 19.2 Å². The Hall–Kier alpha value is -3.92. The first kappa shape index (κ1) is 31.6. The first-order valence-corrected chi connectivity index (χ1v) is 14.2. The van der Waals surface area contributed by atoms with Crippen molar-refractivity contribution in [3.63, 3.8) is 0 Å². The van der Waals surface area contributed by atoms with Gasteiger partial charge in [-0.05, 0) is 69.7 Å². The zero-order chi connectivity index (χ0) is 29.8. The number of hydrogen-bond donors (Lipinski definition) is 5. The number of rotatable bonds is 7. The molecule has 2 aromatic carbocycles. The van der Waals surface area contributed by atoms with Crippen LogP contribution in [-0.2, 0) is 32.0 Å². The van der Waals surface area contributed by atoms with Crippen molar-refractivity contribution in [2.45, 2.75) is 83.0 Å². The van der Waals surface area contributed by atoms with E-state index in [4.69, 9.17) is 10.5 Å². The summed E-state index contributed by atoms with van der Waals surface area (Å²) in [6.45, 7) is 6.46. The van der Waals surface area contributed by atoms with Crippen molar-refractivity contribution < 1.29 is 23.9 Å². The van der Waals surface area contributed by atoms with E-state index in [0.29, 0.717) is 38.0 Å². The Morgan fingerprint density at radius 2 is 1.66 bits per heavy atom.